The number of fused-ring (bicyclic) bond motifs is 1. The normalized spacial score (nSPS) is 33.0. The monoisotopic (exact) mass is 347 g/mol. The Labute approximate surface area is 145 Å². The Hall–Kier alpha value is -1.96. The quantitative estimate of drug-likeness (QED) is 0.462. The average Bonchev–Trinajstić information content (AvgIpc) is 2.64. The molecule has 2 fully saturated rings. The molecule has 1 aromatic carbocycles. The predicted octanol–water partition coefficient (Wildman–Crippen LogP) is 2.54. The summed E-state index contributed by atoms with van der Waals surface area (Å²) >= 11 is 0. The number of hydrogen-bond donors (Lipinski definition) is 0. The van der Waals surface area contributed by atoms with Crippen molar-refractivity contribution in [2.75, 3.05) is 13.2 Å². The summed E-state index contributed by atoms with van der Waals surface area (Å²) < 4.78 is 23.5. The van der Waals surface area contributed by atoms with Crippen LogP contribution in [0.4, 0.5) is 0 Å². The summed E-state index contributed by atoms with van der Waals surface area (Å²) in [6, 6.07) is 8.97. The number of Topliss-reactive ketones (excluding diaryl/α,β-unsaturated/α-hetero) is 1. The summed E-state index contributed by atoms with van der Waals surface area (Å²) in [5.74, 6) is -0.102. The van der Waals surface area contributed by atoms with Crippen molar-refractivity contribution in [2.24, 2.45) is 5.11 Å². The molecule has 0 N–H and O–H groups in total. The number of benzene rings is 1. The Morgan fingerprint density at radius 2 is 2.08 bits per heavy atom. The highest BCUT2D eigenvalue weighted by Gasteiger charge is 2.47. The Morgan fingerprint density at radius 1 is 1.32 bits per heavy atom. The maximum atomic E-state index is 11.6. The lowest BCUT2D eigenvalue weighted by atomic mass is 9.97. The summed E-state index contributed by atoms with van der Waals surface area (Å²) in [7, 11) is 0. The third-order valence-electron chi connectivity index (χ3n) is 4.45. The fraction of sp³-hybridized carbons (Fsp3) is 0.588. The van der Waals surface area contributed by atoms with Gasteiger partial charge in [-0.05, 0) is 19.4 Å². The first kappa shape index (κ1) is 17.8. The molecule has 0 aromatic heterocycles. The Balaban J connectivity index is 1.82. The van der Waals surface area contributed by atoms with Gasteiger partial charge in [0.25, 0.3) is 0 Å². The maximum absolute atomic E-state index is 11.6. The first-order chi connectivity index (χ1) is 12.1. The summed E-state index contributed by atoms with van der Waals surface area (Å²) in [5.41, 5.74) is 9.70. The largest absolute Gasteiger partial charge is 0.372 e. The molecular weight excluding hydrogens is 326 g/mol. The van der Waals surface area contributed by atoms with Gasteiger partial charge in [0.05, 0.1) is 25.4 Å². The summed E-state index contributed by atoms with van der Waals surface area (Å²) in [6.07, 6.45) is -2.60. The van der Waals surface area contributed by atoms with E-state index >= 15 is 0 Å². The standard InChI is InChI=1S/C17H21N3O5/c1-10(21)11(2)24-15-13(19-20-18)8-22-14-9-23-17(25-16(14)15)12-6-4-3-5-7-12/h3-7,11,13-17H,8-9H2,1-2H3/t11-,13+,14?,15?,16-,17?/m1/s1. The van der Waals surface area contributed by atoms with Crippen LogP contribution in [-0.4, -0.2) is 49.5 Å². The van der Waals surface area contributed by atoms with E-state index in [0.29, 0.717) is 6.61 Å². The predicted molar refractivity (Wildman–Crippen MR) is 87.7 cm³/mol. The molecule has 0 spiro atoms. The van der Waals surface area contributed by atoms with Gasteiger partial charge in [0.15, 0.2) is 12.1 Å². The molecule has 0 saturated carbocycles. The molecule has 2 aliphatic rings. The smallest absolute Gasteiger partial charge is 0.184 e. The zero-order valence-electron chi connectivity index (χ0n) is 14.1. The van der Waals surface area contributed by atoms with Crippen molar-refractivity contribution in [2.45, 2.75) is 50.6 Å². The van der Waals surface area contributed by atoms with Crippen LogP contribution in [-0.2, 0) is 23.7 Å². The van der Waals surface area contributed by atoms with Crippen LogP contribution in [0, 0.1) is 0 Å². The fourth-order valence-corrected chi connectivity index (χ4v) is 2.96. The lowest BCUT2D eigenvalue weighted by Gasteiger charge is -2.45. The van der Waals surface area contributed by atoms with Crippen molar-refractivity contribution in [3.05, 3.63) is 46.3 Å². The van der Waals surface area contributed by atoms with E-state index in [2.05, 4.69) is 10.0 Å². The highest BCUT2D eigenvalue weighted by molar-refractivity contribution is 5.79. The molecule has 0 aliphatic carbocycles. The first-order valence-corrected chi connectivity index (χ1v) is 8.24. The molecular formula is C17H21N3O5. The second-order valence-corrected chi connectivity index (χ2v) is 6.17. The molecule has 0 bridgehead atoms. The van der Waals surface area contributed by atoms with Gasteiger partial charge in [0, 0.05) is 10.5 Å². The van der Waals surface area contributed by atoms with Gasteiger partial charge in [-0.1, -0.05) is 35.4 Å². The van der Waals surface area contributed by atoms with Crippen molar-refractivity contribution in [3.8, 4) is 0 Å². The van der Waals surface area contributed by atoms with E-state index in [-0.39, 0.29) is 18.5 Å². The van der Waals surface area contributed by atoms with Crippen molar-refractivity contribution >= 4 is 5.78 Å². The minimum absolute atomic E-state index is 0.102. The van der Waals surface area contributed by atoms with Gasteiger partial charge in [-0.2, -0.15) is 0 Å². The second kappa shape index (κ2) is 7.95. The van der Waals surface area contributed by atoms with E-state index in [9.17, 15) is 4.79 Å². The number of hydrogen-bond acceptors (Lipinski definition) is 6. The third kappa shape index (κ3) is 4.00. The molecule has 0 radical (unpaired) electrons. The van der Waals surface area contributed by atoms with E-state index < -0.39 is 30.6 Å². The summed E-state index contributed by atoms with van der Waals surface area (Å²) in [6.45, 7) is 3.67. The minimum Gasteiger partial charge on any atom is -0.372 e. The number of carbonyl (C=O) groups is 1. The topological polar surface area (TPSA) is 103 Å². The Morgan fingerprint density at radius 3 is 2.76 bits per heavy atom. The van der Waals surface area contributed by atoms with Crippen LogP contribution < -0.4 is 0 Å². The SMILES string of the molecule is CC(=O)[C@@H](C)OC1[C@@H]2OC(c3ccccc3)OCC2OC[C@@H]1N=[N+]=[N-]. The summed E-state index contributed by atoms with van der Waals surface area (Å²) in [5, 5.41) is 3.76. The molecule has 8 heteroatoms. The number of ether oxygens (including phenoxy) is 4. The first-order valence-electron chi connectivity index (χ1n) is 8.24. The van der Waals surface area contributed by atoms with Crippen LogP contribution >= 0.6 is 0 Å². The van der Waals surface area contributed by atoms with Crippen molar-refractivity contribution in [1.29, 1.82) is 0 Å². The van der Waals surface area contributed by atoms with E-state index in [4.69, 9.17) is 24.5 Å². The van der Waals surface area contributed by atoms with Crippen molar-refractivity contribution in [1.82, 2.24) is 0 Å². The van der Waals surface area contributed by atoms with Crippen LogP contribution in [0.1, 0.15) is 25.7 Å². The Bertz CT molecular complexity index is 649. The van der Waals surface area contributed by atoms with Crippen LogP contribution in [0.2, 0.25) is 0 Å². The molecule has 6 atom stereocenters. The highest BCUT2D eigenvalue weighted by atomic mass is 16.7. The third-order valence-corrected chi connectivity index (χ3v) is 4.45. The molecule has 2 aliphatic heterocycles. The van der Waals surface area contributed by atoms with Gasteiger partial charge >= 0.3 is 0 Å². The number of carbonyl (C=O) groups excluding carboxylic acids is 1. The lowest BCUT2D eigenvalue weighted by Crippen LogP contribution is -2.59. The van der Waals surface area contributed by atoms with Crippen molar-refractivity contribution < 1.29 is 23.7 Å². The fourth-order valence-electron chi connectivity index (χ4n) is 2.96. The molecule has 1 aromatic rings. The van der Waals surface area contributed by atoms with Crippen LogP contribution in [0.15, 0.2) is 35.4 Å². The van der Waals surface area contributed by atoms with Crippen molar-refractivity contribution in [3.63, 3.8) is 0 Å². The average molecular weight is 347 g/mol. The maximum Gasteiger partial charge on any atom is 0.184 e. The van der Waals surface area contributed by atoms with Gasteiger partial charge in [-0.15, -0.1) is 0 Å². The van der Waals surface area contributed by atoms with Gasteiger partial charge in [-0.25, -0.2) is 0 Å². The van der Waals surface area contributed by atoms with Crippen LogP contribution in [0.25, 0.3) is 10.4 Å². The van der Waals surface area contributed by atoms with E-state index in [1.165, 1.54) is 6.92 Å². The zero-order chi connectivity index (χ0) is 17.8. The number of rotatable bonds is 5. The highest BCUT2D eigenvalue weighted by Crippen LogP contribution is 2.34. The number of ketones is 1. The van der Waals surface area contributed by atoms with Gasteiger partial charge in [-0.3, -0.25) is 4.79 Å². The van der Waals surface area contributed by atoms with Crippen LogP contribution in [0.5, 0.6) is 0 Å². The van der Waals surface area contributed by atoms with Crippen LogP contribution in [0.3, 0.4) is 0 Å². The molecule has 3 rings (SSSR count). The van der Waals surface area contributed by atoms with Gasteiger partial charge in [0.1, 0.15) is 18.3 Å². The molecule has 134 valence electrons. The molecule has 8 nitrogen and oxygen atoms in total. The molecule has 3 unspecified atom stereocenters. The molecule has 2 saturated heterocycles. The lowest BCUT2D eigenvalue weighted by molar-refractivity contribution is -0.308. The zero-order valence-corrected chi connectivity index (χ0v) is 14.1. The summed E-state index contributed by atoms with van der Waals surface area (Å²) in [4.78, 5) is 14.5. The van der Waals surface area contributed by atoms with Gasteiger partial charge < -0.3 is 18.9 Å². The van der Waals surface area contributed by atoms with Gasteiger partial charge in [0.2, 0.25) is 0 Å². The number of nitrogens with zero attached hydrogens (tertiary/aromatic N) is 3. The van der Waals surface area contributed by atoms with E-state index in [1.807, 2.05) is 30.3 Å². The molecule has 0 amide bonds. The van der Waals surface area contributed by atoms with E-state index in [1.54, 1.807) is 6.92 Å². The van der Waals surface area contributed by atoms with E-state index in [0.717, 1.165) is 5.56 Å². The Kier molecular flexibility index (Phi) is 5.67. The minimum atomic E-state index is -0.623. The molecule has 2 heterocycles. The molecule has 25 heavy (non-hydrogen) atoms. The second-order valence-electron chi connectivity index (χ2n) is 6.17. The number of azide groups is 1.